The lowest BCUT2D eigenvalue weighted by molar-refractivity contribution is -0.119. The Labute approximate surface area is 77.1 Å². The fourth-order valence-corrected chi connectivity index (χ4v) is 1.35. The molecule has 0 heterocycles. The minimum Gasteiger partial charge on any atom is -0.353 e. The van der Waals surface area contributed by atoms with Gasteiger partial charge in [-0.1, -0.05) is 0 Å². The Hall–Kier alpha value is 0.110. The molecule has 0 fully saturated rings. The molecule has 0 rings (SSSR count). The second-order valence-electron chi connectivity index (χ2n) is 2.38. The summed E-state index contributed by atoms with van der Waals surface area (Å²) in [4.78, 5) is 10.7. The van der Waals surface area contributed by atoms with Gasteiger partial charge in [0.15, 0.2) is 0 Å². The summed E-state index contributed by atoms with van der Waals surface area (Å²) in [5, 5.41) is 2.78. The molecule has 1 unspecified atom stereocenters. The predicted octanol–water partition coefficient (Wildman–Crippen LogP) is 1.48. The van der Waals surface area contributed by atoms with E-state index in [9.17, 15) is 4.79 Å². The lowest BCUT2D eigenvalue weighted by Gasteiger charge is -2.11. The number of thioether (sulfide) groups is 1. The average Bonchev–Trinajstić information content (AvgIpc) is 2.00. The minimum absolute atomic E-state index is 0.0591. The Kier molecular flexibility index (Phi) is 6.87. The van der Waals surface area contributed by atoms with Gasteiger partial charge in [-0.3, -0.25) is 4.79 Å². The molecule has 0 aliphatic heterocycles. The molecule has 11 heavy (non-hydrogen) atoms. The van der Waals surface area contributed by atoms with Crippen LogP contribution in [-0.2, 0) is 4.79 Å². The van der Waals surface area contributed by atoms with Crippen LogP contribution in [0, 0.1) is 0 Å². The van der Waals surface area contributed by atoms with Gasteiger partial charge in [0.1, 0.15) is 5.88 Å². The van der Waals surface area contributed by atoms with Crippen LogP contribution in [0.25, 0.3) is 0 Å². The number of carbonyl (C=O) groups is 1. The van der Waals surface area contributed by atoms with E-state index in [1.807, 2.05) is 6.92 Å². The first kappa shape index (κ1) is 11.1. The number of halogens is 1. The number of amides is 1. The van der Waals surface area contributed by atoms with Crippen LogP contribution in [0.5, 0.6) is 0 Å². The fourth-order valence-electron chi connectivity index (χ4n) is 0.680. The Bertz CT molecular complexity index is 121. The summed E-state index contributed by atoms with van der Waals surface area (Å²) < 4.78 is 0. The summed E-state index contributed by atoms with van der Waals surface area (Å²) in [6.07, 6.45) is 3.06. The van der Waals surface area contributed by atoms with Crippen molar-refractivity contribution in [3.8, 4) is 0 Å². The molecule has 0 aromatic heterocycles. The lowest BCUT2D eigenvalue weighted by Crippen LogP contribution is -2.33. The third kappa shape index (κ3) is 6.51. The molecular weight excluding hydrogens is 182 g/mol. The van der Waals surface area contributed by atoms with Gasteiger partial charge in [-0.05, 0) is 25.4 Å². The summed E-state index contributed by atoms with van der Waals surface area (Å²) in [7, 11) is 0. The number of alkyl halides is 1. The summed E-state index contributed by atoms with van der Waals surface area (Å²) >= 11 is 7.09. The summed E-state index contributed by atoms with van der Waals surface area (Å²) in [5.41, 5.74) is 0. The van der Waals surface area contributed by atoms with Crippen molar-refractivity contribution >= 4 is 29.3 Å². The highest BCUT2D eigenvalue weighted by molar-refractivity contribution is 7.98. The molecule has 0 aromatic rings. The molecule has 2 nitrogen and oxygen atoms in total. The number of carbonyl (C=O) groups excluding carboxylic acids is 1. The van der Waals surface area contributed by atoms with E-state index in [2.05, 4.69) is 11.6 Å². The van der Waals surface area contributed by atoms with Crippen LogP contribution in [0.1, 0.15) is 13.3 Å². The molecule has 0 aliphatic rings. The summed E-state index contributed by atoms with van der Waals surface area (Å²) in [6.45, 7) is 1.99. The van der Waals surface area contributed by atoms with E-state index >= 15 is 0 Å². The highest BCUT2D eigenvalue weighted by Gasteiger charge is 2.04. The lowest BCUT2D eigenvalue weighted by atomic mass is 10.2. The third-order valence-electron chi connectivity index (χ3n) is 1.28. The van der Waals surface area contributed by atoms with Crippen molar-refractivity contribution < 1.29 is 4.79 Å². The van der Waals surface area contributed by atoms with Crippen molar-refractivity contribution in [3.05, 3.63) is 0 Å². The van der Waals surface area contributed by atoms with Crippen LogP contribution in [-0.4, -0.2) is 29.8 Å². The summed E-state index contributed by atoms with van der Waals surface area (Å²) in [6, 6.07) is 0.244. The highest BCUT2D eigenvalue weighted by Crippen LogP contribution is 1.99. The molecule has 66 valence electrons. The smallest absolute Gasteiger partial charge is 0.235 e. The van der Waals surface area contributed by atoms with Crippen LogP contribution in [0.3, 0.4) is 0 Å². The molecule has 0 aliphatic carbocycles. The van der Waals surface area contributed by atoms with Crippen molar-refractivity contribution in [2.45, 2.75) is 19.4 Å². The zero-order chi connectivity index (χ0) is 8.69. The quantitative estimate of drug-likeness (QED) is 0.674. The maximum atomic E-state index is 10.7. The van der Waals surface area contributed by atoms with Gasteiger partial charge in [0.2, 0.25) is 5.91 Å². The zero-order valence-corrected chi connectivity index (χ0v) is 8.47. The largest absolute Gasteiger partial charge is 0.353 e. The number of hydrogen-bond acceptors (Lipinski definition) is 2. The van der Waals surface area contributed by atoms with Crippen LogP contribution >= 0.6 is 23.4 Å². The van der Waals surface area contributed by atoms with Gasteiger partial charge in [0.25, 0.3) is 0 Å². The Balaban J connectivity index is 3.35. The van der Waals surface area contributed by atoms with Crippen molar-refractivity contribution in [3.63, 3.8) is 0 Å². The molecular formula is C7H14ClNOS. The van der Waals surface area contributed by atoms with Gasteiger partial charge in [-0.2, -0.15) is 11.8 Å². The first-order valence-electron chi connectivity index (χ1n) is 3.55. The van der Waals surface area contributed by atoms with E-state index in [0.717, 1.165) is 12.2 Å². The van der Waals surface area contributed by atoms with Gasteiger partial charge in [-0.25, -0.2) is 0 Å². The van der Waals surface area contributed by atoms with E-state index in [0.29, 0.717) is 0 Å². The highest BCUT2D eigenvalue weighted by atomic mass is 35.5. The van der Waals surface area contributed by atoms with E-state index in [4.69, 9.17) is 11.6 Å². The maximum Gasteiger partial charge on any atom is 0.235 e. The fraction of sp³-hybridized carbons (Fsp3) is 0.857. The zero-order valence-electron chi connectivity index (χ0n) is 6.89. The van der Waals surface area contributed by atoms with E-state index in [1.165, 1.54) is 0 Å². The van der Waals surface area contributed by atoms with Crippen molar-refractivity contribution in [2.75, 3.05) is 17.9 Å². The van der Waals surface area contributed by atoms with Crippen LogP contribution in [0.4, 0.5) is 0 Å². The van der Waals surface area contributed by atoms with Crippen molar-refractivity contribution in [1.29, 1.82) is 0 Å². The Morgan fingerprint density at radius 2 is 2.36 bits per heavy atom. The predicted molar refractivity (Wildman–Crippen MR) is 51.3 cm³/mol. The standard InChI is InChI=1S/C7H14ClNOS/c1-6(3-4-11-2)9-7(10)5-8/h6H,3-5H2,1-2H3,(H,9,10). The molecule has 0 aromatic carbocycles. The van der Waals surface area contributed by atoms with Crippen LogP contribution < -0.4 is 5.32 Å². The van der Waals surface area contributed by atoms with Gasteiger partial charge in [0, 0.05) is 6.04 Å². The molecule has 1 amide bonds. The van der Waals surface area contributed by atoms with E-state index < -0.39 is 0 Å². The summed E-state index contributed by atoms with van der Waals surface area (Å²) in [5.74, 6) is 1.05. The topological polar surface area (TPSA) is 29.1 Å². The molecule has 1 N–H and O–H groups in total. The maximum absolute atomic E-state index is 10.7. The molecule has 0 saturated heterocycles. The molecule has 0 spiro atoms. The monoisotopic (exact) mass is 195 g/mol. The first-order valence-corrected chi connectivity index (χ1v) is 5.47. The van der Waals surface area contributed by atoms with Gasteiger partial charge in [-0.15, -0.1) is 11.6 Å². The Morgan fingerprint density at radius 1 is 1.73 bits per heavy atom. The van der Waals surface area contributed by atoms with Crippen LogP contribution in [0.15, 0.2) is 0 Å². The SMILES string of the molecule is CSCCC(C)NC(=O)CCl. The second-order valence-corrected chi connectivity index (χ2v) is 3.64. The van der Waals surface area contributed by atoms with E-state index in [1.54, 1.807) is 11.8 Å². The van der Waals surface area contributed by atoms with Gasteiger partial charge < -0.3 is 5.32 Å². The molecule has 0 radical (unpaired) electrons. The molecule has 0 bridgehead atoms. The minimum atomic E-state index is -0.0831. The normalized spacial score (nSPS) is 12.6. The molecule has 0 saturated carbocycles. The van der Waals surface area contributed by atoms with Crippen molar-refractivity contribution in [1.82, 2.24) is 5.32 Å². The third-order valence-corrected chi connectivity index (χ3v) is 2.17. The first-order chi connectivity index (χ1) is 5.20. The number of hydrogen-bond donors (Lipinski definition) is 1. The van der Waals surface area contributed by atoms with E-state index in [-0.39, 0.29) is 17.8 Å². The Morgan fingerprint density at radius 3 is 2.82 bits per heavy atom. The molecule has 1 atom stereocenters. The van der Waals surface area contributed by atoms with Crippen LogP contribution in [0.2, 0.25) is 0 Å². The van der Waals surface area contributed by atoms with Gasteiger partial charge >= 0.3 is 0 Å². The van der Waals surface area contributed by atoms with Gasteiger partial charge in [0.05, 0.1) is 0 Å². The number of rotatable bonds is 5. The number of nitrogens with one attached hydrogen (secondary N) is 1. The van der Waals surface area contributed by atoms with Crippen molar-refractivity contribution in [2.24, 2.45) is 0 Å². The second kappa shape index (κ2) is 6.80. The molecule has 4 heteroatoms. The average molecular weight is 196 g/mol.